The SMILES string of the molecule is CC(CCC[C@@H](C)CN)/N=C(\S)CF. The maximum absolute atomic E-state index is 12.0. The van der Waals surface area contributed by atoms with Gasteiger partial charge in [0.15, 0.2) is 0 Å². The first kappa shape index (κ1) is 13.9. The fourth-order valence-corrected chi connectivity index (χ4v) is 1.43. The lowest BCUT2D eigenvalue weighted by Crippen LogP contribution is -2.11. The van der Waals surface area contributed by atoms with Gasteiger partial charge in [-0.1, -0.05) is 13.3 Å². The molecule has 84 valence electrons. The molecular weight excluding hydrogens is 199 g/mol. The van der Waals surface area contributed by atoms with E-state index >= 15 is 0 Å². The van der Waals surface area contributed by atoms with Crippen molar-refractivity contribution in [2.75, 3.05) is 13.2 Å². The van der Waals surface area contributed by atoms with E-state index in [2.05, 4.69) is 24.5 Å². The van der Waals surface area contributed by atoms with Crippen molar-refractivity contribution in [3.8, 4) is 0 Å². The first-order valence-electron chi connectivity index (χ1n) is 5.11. The van der Waals surface area contributed by atoms with Gasteiger partial charge >= 0.3 is 0 Å². The van der Waals surface area contributed by atoms with Gasteiger partial charge in [0, 0.05) is 6.04 Å². The Balaban J connectivity index is 3.59. The Morgan fingerprint density at radius 3 is 2.57 bits per heavy atom. The normalized spacial score (nSPS) is 16.8. The summed E-state index contributed by atoms with van der Waals surface area (Å²) in [6.07, 6.45) is 3.19. The Morgan fingerprint density at radius 1 is 1.43 bits per heavy atom. The highest BCUT2D eigenvalue weighted by molar-refractivity contribution is 7.97. The Morgan fingerprint density at radius 2 is 2.07 bits per heavy atom. The average molecular weight is 220 g/mol. The van der Waals surface area contributed by atoms with Crippen molar-refractivity contribution in [2.24, 2.45) is 16.6 Å². The highest BCUT2D eigenvalue weighted by atomic mass is 32.1. The number of hydrogen-bond donors (Lipinski definition) is 2. The highest BCUT2D eigenvalue weighted by Gasteiger charge is 2.03. The lowest BCUT2D eigenvalue weighted by atomic mass is 10.0. The molecule has 2 N–H and O–H groups in total. The third-order valence-electron chi connectivity index (χ3n) is 2.21. The number of hydrogen-bond acceptors (Lipinski definition) is 2. The summed E-state index contributed by atoms with van der Waals surface area (Å²) in [5, 5.41) is 0.296. The molecule has 0 aliphatic carbocycles. The van der Waals surface area contributed by atoms with Crippen LogP contribution in [0.1, 0.15) is 33.1 Å². The molecule has 0 rings (SSSR count). The molecule has 0 bridgehead atoms. The summed E-state index contributed by atoms with van der Waals surface area (Å²) in [4.78, 5) is 4.09. The van der Waals surface area contributed by atoms with Crippen molar-refractivity contribution >= 4 is 17.7 Å². The molecule has 14 heavy (non-hydrogen) atoms. The number of thiol groups is 1. The molecular formula is C10H21FN2S. The van der Waals surface area contributed by atoms with Gasteiger partial charge in [0.2, 0.25) is 0 Å². The minimum Gasteiger partial charge on any atom is -0.330 e. The van der Waals surface area contributed by atoms with E-state index in [-0.39, 0.29) is 6.04 Å². The zero-order valence-electron chi connectivity index (χ0n) is 9.04. The quantitative estimate of drug-likeness (QED) is 0.386. The number of alkyl halides is 1. The molecule has 0 radical (unpaired) electrons. The van der Waals surface area contributed by atoms with Crippen molar-refractivity contribution in [1.29, 1.82) is 0 Å². The van der Waals surface area contributed by atoms with Crippen LogP contribution < -0.4 is 5.73 Å². The average Bonchev–Trinajstić information content (AvgIpc) is 2.17. The van der Waals surface area contributed by atoms with Gasteiger partial charge < -0.3 is 5.73 Å². The van der Waals surface area contributed by atoms with E-state index in [0.29, 0.717) is 11.0 Å². The highest BCUT2D eigenvalue weighted by Crippen LogP contribution is 2.10. The van der Waals surface area contributed by atoms with Gasteiger partial charge in [-0.2, -0.15) is 0 Å². The Labute approximate surface area is 91.6 Å². The van der Waals surface area contributed by atoms with Gasteiger partial charge in [0.1, 0.15) is 6.67 Å². The molecule has 0 spiro atoms. The Bertz CT molecular complexity index is 174. The van der Waals surface area contributed by atoms with Crippen molar-refractivity contribution in [1.82, 2.24) is 0 Å². The van der Waals surface area contributed by atoms with Crippen molar-refractivity contribution < 1.29 is 4.39 Å². The topological polar surface area (TPSA) is 38.4 Å². The molecule has 0 aromatic heterocycles. The molecule has 2 atom stereocenters. The summed E-state index contributed by atoms with van der Waals surface area (Å²) in [7, 11) is 0. The summed E-state index contributed by atoms with van der Waals surface area (Å²) in [6, 6.07) is 0.170. The number of nitrogens with two attached hydrogens (primary N) is 1. The Hall–Kier alpha value is -0.0900. The summed E-state index contributed by atoms with van der Waals surface area (Å²) >= 11 is 3.91. The van der Waals surface area contributed by atoms with Crippen molar-refractivity contribution in [2.45, 2.75) is 39.2 Å². The van der Waals surface area contributed by atoms with Crippen molar-refractivity contribution in [3.05, 3.63) is 0 Å². The van der Waals surface area contributed by atoms with E-state index in [1.54, 1.807) is 0 Å². The zero-order chi connectivity index (χ0) is 11.0. The predicted octanol–water partition coefficient (Wildman–Crippen LogP) is 2.44. The predicted molar refractivity (Wildman–Crippen MR) is 63.9 cm³/mol. The first-order valence-corrected chi connectivity index (χ1v) is 5.56. The van der Waals surface area contributed by atoms with Crippen LogP contribution in [-0.2, 0) is 0 Å². The summed E-state index contributed by atoms with van der Waals surface area (Å²) in [6.45, 7) is 4.30. The van der Waals surface area contributed by atoms with E-state index in [0.717, 1.165) is 25.8 Å². The number of nitrogens with zero attached hydrogens (tertiary/aromatic N) is 1. The standard InChI is InChI=1S/C10H21FN2S/c1-8(7-12)4-3-5-9(2)13-10(14)6-11/h8-9H,3-7,12H2,1-2H3,(H,13,14)/t8-,9?/m1/s1. The molecule has 0 aliphatic rings. The van der Waals surface area contributed by atoms with Gasteiger partial charge in [0.05, 0.1) is 5.04 Å². The minimum atomic E-state index is -0.563. The zero-order valence-corrected chi connectivity index (χ0v) is 9.93. The van der Waals surface area contributed by atoms with Crippen LogP contribution in [0.3, 0.4) is 0 Å². The third kappa shape index (κ3) is 7.33. The smallest absolute Gasteiger partial charge is 0.137 e. The Kier molecular flexibility index (Phi) is 8.18. The van der Waals surface area contributed by atoms with Crippen LogP contribution in [-0.4, -0.2) is 24.3 Å². The maximum Gasteiger partial charge on any atom is 0.137 e. The fraction of sp³-hybridized carbons (Fsp3) is 0.900. The fourth-order valence-electron chi connectivity index (χ4n) is 1.23. The molecule has 0 amide bonds. The van der Waals surface area contributed by atoms with E-state index in [9.17, 15) is 4.39 Å². The van der Waals surface area contributed by atoms with Gasteiger partial charge in [-0.3, -0.25) is 4.99 Å². The van der Waals surface area contributed by atoms with Crippen LogP contribution in [0.25, 0.3) is 0 Å². The molecule has 0 fully saturated rings. The molecule has 0 aromatic rings. The van der Waals surface area contributed by atoms with Gasteiger partial charge in [-0.15, -0.1) is 12.6 Å². The van der Waals surface area contributed by atoms with Crippen LogP contribution in [0.2, 0.25) is 0 Å². The van der Waals surface area contributed by atoms with Gasteiger partial charge in [-0.25, -0.2) is 4.39 Å². The minimum absolute atomic E-state index is 0.170. The molecule has 0 saturated heterocycles. The molecule has 0 saturated carbocycles. The van der Waals surface area contributed by atoms with Crippen LogP contribution >= 0.6 is 12.6 Å². The lowest BCUT2D eigenvalue weighted by Gasteiger charge is -2.10. The van der Waals surface area contributed by atoms with Gasteiger partial charge in [0.25, 0.3) is 0 Å². The van der Waals surface area contributed by atoms with E-state index in [1.807, 2.05) is 6.92 Å². The molecule has 0 heterocycles. The number of rotatable bonds is 7. The third-order valence-corrected chi connectivity index (χ3v) is 2.45. The number of halogens is 1. The van der Waals surface area contributed by atoms with E-state index < -0.39 is 6.67 Å². The molecule has 0 aliphatic heterocycles. The van der Waals surface area contributed by atoms with Crippen LogP contribution in [0.4, 0.5) is 4.39 Å². The van der Waals surface area contributed by atoms with Gasteiger partial charge in [-0.05, 0) is 32.2 Å². The van der Waals surface area contributed by atoms with Crippen LogP contribution in [0.5, 0.6) is 0 Å². The summed E-state index contributed by atoms with van der Waals surface area (Å²) in [5.41, 5.74) is 5.50. The summed E-state index contributed by atoms with van der Waals surface area (Å²) in [5.74, 6) is 0.572. The second-order valence-corrected chi connectivity index (χ2v) is 4.32. The molecule has 1 unspecified atom stereocenters. The number of aliphatic imine (C=N–C) groups is 1. The second-order valence-electron chi connectivity index (χ2n) is 3.80. The molecule has 0 aromatic carbocycles. The van der Waals surface area contributed by atoms with E-state index in [4.69, 9.17) is 5.73 Å². The maximum atomic E-state index is 12.0. The van der Waals surface area contributed by atoms with Crippen LogP contribution in [0.15, 0.2) is 4.99 Å². The molecule has 4 heteroatoms. The monoisotopic (exact) mass is 220 g/mol. The van der Waals surface area contributed by atoms with E-state index in [1.165, 1.54) is 0 Å². The first-order chi connectivity index (χ1) is 6.60. The lowest BCUT2D eigenvalue weighted by molar-refractivity contribution is 0.487. The van der Waals surface area contributed by atoms with Crippen LogP contribution in [0, 0.1) is 5.92 Å². The second kappa shape index (κ2) is 8.24. The largest absolute Gasteiger partial charge is 0.330 e. The van der Waals surface area contributed by atoms with Crippen molar-refractivity contribution in [3.63, 3.8) is 0 Å². The summed E-state index contributed by atoms with van der Waals surface area (Å²) < 4.78 is 12.0. The molecule has 2 nitrogen and oxygen atoms in total.